The van der Waals surface area contributed by atoms with Gasteiger partial charge in [-0.1, -0.05) is 6.07 Å². The van der Waals surface area contributed by atoms with Gasteiger partial charge >= 0.3 is 6.09 Å². The number of aryl methyl sites for hydroxylation is 2. The third-order valence-corrected chi connectivity index (χ3v) is 6.16. The van der Waals surface area contributed by atoms with Crippen LogP contribution in [0.25, 0.3) is 27.9 Å². The quantitative estimate of drug-likeness (QED) is 0.435. The Labute approximate surface area is 202 Å². The Bertz CT molecular complexity index is 1490. The fourth-order valence-electron chi connectivity index (χ4n) is 4.49. The first kappa shape index (κ1) is 22.9. The Morgan fingerprint density at radius 3 is 2.57 bits per heavy atom. The van der Waals surface area contributed by atoms with Crippen molar-refractivity contribution in [3.63, 3.8) is 0 Å². The largest absolute Gasteiger partial charge is 0.444 e. The lowest BCUT2D eigenvalue weighted by Crippen LogP contribution is -2.43. The van der Waals surface area contributed by atoms with Crippen LogP contribution in [0.15, 0.2) is 35.5 Å². The third-order valence-electron chi connectivity index (χ3n) is 6.16. The van der Waals surface area contributed by atoms with Crippen LogP contribution in [0, 0.1) is 13.8 Å². The SMILES string of the molecule is Cc1cn2nc(-c3ccc4c(=O)n(C5CCN(C(=O)OC(C)(C)C)CC5)cnc4c3)nc2c(C)n1. The first-order chi connectivity index (χ1) is 16.6. The molecular formula is C25H29N7O3. The lowest BCUT2D eigenvalue weighted by atomic mass is 10.0. The number of benzene rings is 1. The van der Waals surface area contributed by atoms with Gasteiger partial charge in [0, 0.05) is 24.7 Å². The average Bonchev–Trinajstić information content (AvgIpc) is 3.23. The van der Waals surface area contributed by atoms with Crippen LogP contribution in [0.4, 0.5) is 4.79 Å². The Balaban J connectivity index is 1.38. The van der Waals surface area contributed by atoms with Gasteiger partial charge in [-0.2, -0.15) is 0 Å². The summed E-state index contributed by atoms with van der Waals surface area (Å²) in [7, 11) is 0. The molecule has 0 unspecified atom stereocenters. The summed E-state index contributed by atoms with van der Waals surface area (Å²) < 4.78 is 8.89. The molecule has 1 fully saturated rings. The standard InChI is InChI=1S/C25H29N7O3/c1-15-13-32-22(16(2)27-15)28-21(29-32)17-6-7-19-20(12-17)26-14-31(23(19)33)18-8-10-30(11-9-18)24(34)35-25(3,4)5/h6-7,12-14,18H,8-11H2,1-5H3. The predicted molar refractivity (Wildman–Crippen MR) is 131 cm³/mol. The van der Waals surface area contributed by atoms with E-state index in [4.69, 9.17) is 4.74 Å². The Hall–Kier alpha value is -3.82. The Morgan fingerprint density at radius 1 is 1.11 bits per heavy atom. The second-order valence-corrected chi connectivity index (χ2v) is 10.1. The Morgan fingerprint density at radius 2 is 1.86 bits per heavy atom. The molecule has 35 heavy (non-hydrogen) atoms. The number of hydrogen-bond donors (Lipinski definition) is 0. The summed E-state index contributed by atoms with van der Waals surface area (Å²) in [6, 6.07) is 5.47. The lowest BCUT2D eigenvalue weighted by molar-refractivity contribution is 0.0187. The van der Waals surface area contributed by atoms with Gasteiger partial charge in [-0.25, -0.2) is 19.3 Å². The highest BCUT2D eigenvalue weighted by Gasteiger charge is 2.28. The number of aromatic nitrogens is 6. The number of carbonyl (C=O) groups excluding carboxylic acids is 1. The van der Waals surface area contributed by atoms with Gasteiger partial charge in [0.25, 0.3) is 5.56 Å². The van der Waals surface area contributed by atoms with Crippen LogP contribution in [0.3, 0.4) is 0 Å². The van der Waals surface area contributed by atoms with E-state index in [2.05, 4.69) is 20.1 Å². The van der Waals surface area contributed by atoms with Crippen molar-refractivity contribution in [3.8, 4) is 11.4 Å². The molecule has 0 aliphatic carbocycles. The smallest absolute Gasteiger partial charge is 0.410 e. The van der Waals surface area contributed by atoms with Gasteiger partial charge in [-0.3, -0.25) is 14.3 Å². The minimum Gasteiger partial charge on any atom is -0.444 e. The molecule has 0 atom stereocenters. The molecule has 0 spiro atoms. The Kier molecular flexibility index (Phi) is 5.53. The van der Waals surface area contributed by atoms with Gasteiger partial charge < -0.3 is 9.64 Å². The molecule has 1 amide bonds. The van der Waals surface area contributed by atoms with Crippen molar-refractivity contribution in [3.05, 3.63) is 52.5 Å². The monoisotopic (exact) mass is 475 g/mol. The van der Waals surface area contributed by atoms with Gasteiger partial charge in [0.1, 0.15) is 5.60 Å². The van der Waals surface area contributed by atoms with E-state index in [-0.39, 0.29) is 17.7 Å². The van der Waals surface area contributed by atoms with Crippen molar-refractivity contribution >= 4 is 22.6 Å². The molecule has 1 aliphatic rings. The molecule has 0 radical (unpaired) electrons. The van der Waals surface area contributed by atoms with Crippen molar-refractivity contribution in [2.24, 2.45) is 0 Å². The number of piperidine rings is 1. The average molecular weight is 476 g/mol. The molecule has 1 aliphatic heterocycles. The zero-order valence-electron chi connectivity index (χ0n) is 20.6. The minimum atomic E-state index is -0.528. The fraction of sp³-hybridized carbons (Fsp3) is 0.440. The number of amides is 1. The summed E-state index contributed by atoms with van der Waals surface area (Å²) in [5, 5.41) is 5.12. The number of rotatable bonds is 2. The van der Waals surface area contributed by atoms with Crippen molar-refractivity contribution in [2.75, 3.05) is 13.1 Å². The molecule has 1 aromatic carbocycles. The first-order valence-electron chi connectivity index (χ1n) is 11.8. The van der Waals surface area contributed by atoms with Gasteiger partial charge in [0.05, 0.1) is 34.8 Å². The maximum Gasteiger partial charge on any atom is 0.410 e. The number of ether oxygens (including phenoxy) is 1. The molecule has 1 saturated heterocycles. The van der Waals surface area contributed by atoms with Crippen LogP contribution in [-0.2, 0) is 4.74 Å². The van der Waals surface area contributed by atoms with Gasteiger partial charge in [-0.15, -0.1) is 5.10 Å². The molecule has 0 bridgehead atoms. The van der Waals surface area contributed by atoms with Gasteiger partial charge in [0.2, 0.25) is 0 Å². The van der Waals surface area contributed by atoms with Crippen LogP contribution < -0.4 is 5.56 Å². The second-order valence-electron chi connectivity index (χ2n) is 10.1. The molecular weight excluding hydrogens is 446 g/mol. The lowest BCUT2D eigenvalue weighted by Gasteiger charge is -2.34. The fourth-order valence-corrected chi connectivity index (χ4v) is 4.49. The van der Waals surface area contributed by atoms with Crippen molar-refractivity contribution in [2.45, 2.75) is 59.1 Å². The molecule has 10 nitrogen and oxygen atoms in total. The molecule has 10 heteroatoms. The number of hydrogen-bond acceptors (Lipinski definition) is 7. The molecule has 0 N–H and O–H groups in total. The summed E-state index contributed by atoms with van der Waals surface area (Å²) in [5.41, 5.74) is 3.14. The molecule has 0 saturated carbocycles. The van der Waals surface area contributed by atoms with Crippen LogP contribution >= 0.6 is 0 Å². The summed E-state index contributed by atoms with van der Waals surface area (Å²) in [5.74, 6) is 0.558. The topological polar surface area (TPSA) is 108 Å². The minimum absolute atomic E-state index is 0.0171. The zero-order valence-corrected chi connectivity index (χ0v) is 20.6. The summed E-state index contributed by atoms with van der Waals surface area (Å²) in [6.07, 6.45) is 4.47. The number of carbonyl (C=O) groups is 1. The second kappa shape index (κ2) is 8.44. The predicted octanol–water partition coefficient (Wildman–Crippen LogP) is 3.69. The van der Waals surface area contributed by atoms with Crippen LogP contribution in [0.2, 0.25) is 0 Å². The highest BCUT2D eigenvalue weighted by atomic mass is 16.6. The van der Waals surface area contributed by atoms with E-state index in [1.807, 2.05) is 52.9 Å². The number of likely N-dealkylation sites (tertiary alicyclic amines) is 1. The van der Waals surface area contributed by atoms with Crippen molar-refractivity contribution in [1.29, 1.82) is 0 Å². The van der Waals surface area contributed by atoms with Crippen LogP contribution in [0.1, 0.15) is 51.0 Å². The van der Waals surface area contributed by atoms with E-state index in [0.717, 1.165) is 17.0 Å². The molecule has 4 heterocycles. The van der Waals surface area contributed by atoms with E-state index < -0.39 is 5.60 Å². The van der Waals surface area contributed by atoms with Crippen molar-refractivity contribution < 1.29 is 9.53 Å². The highest BCUT2D eigenvalue weighted by Crippen LogP contribution is 2.25. The number of fused-ring (bicyclic) bond motifs is 2. The van der Waals surface area contributed by atoms with Gasteiger partial charge in [-0.05, 0) is 59.6 Å². The number of nitrogens with zero attached hydrogens (tertiary/aromatic N) is 7. The summed E-state index contributed by atoms with van der Waals surface area (Å²) >= 11 is 0. The summed E-state index contributed by atoms with van der Waals surface area (Å²) in [6.45, 7) is 10.5. The maximum atomic E-state index is 13.3. The van der Waals surface area contributed by atoms with E-state index in [1.165, 1.54) is 0 Å². The maximum absolute atomic E-state index is 13.3. The molecule has 182 valence electrons. The molecule has 5 rings (SSSR count). The van der Waals surface area contributed by atoms with Crippen LogP contribution in [-0.4, -0.2) is 58.8 Å². The van der Waals surface area contributed by atoms with E-state index in [9.17, 15) is 9.59 Å². The molecule has 3 aromatic heterocycles. The van der Waals surface area contributed by atoms with Gasteiger partial charge in [0.15, 0.2) is 11.5 Å². The van der Waals surface area contributed by atoms with E-state index in [0.29, 0.717) is 48.3 Å². The molecule has 4 aromatic rings. The van der Waals surface area contributed by atoms with Crippen LogP contribution in [0.5, 0.6) is 0 Å². The van der Waals surface area contributed by atoms with E-state index >= 15 is 0 Å². The van der Waals surface area contributed by atoms with Crippen molar-refractivity contribution in [1.82, 2.24) is 34.0 Å². The third kappa shape index (κ3) is 4.48. The first-order valence-corrected chi connectivity index (χ1v) is 11.8. The summed E-state index contributed by atoms with van der Waals surface area (Å²) in [4.78, 5) is 41.0. The zero-order chi connectivity index (χ0) is 24.9. The van der Waals surface area contributed by atoms with E-state index in [1.54, 1.807) is 26.4 Å². The normalized spacial score (nSPS) is 15.2. The highest BCUT2D eigenvalue weighted by molar-refractivity contribution is 5.82.